The number of ether oxygens (including phenoxy) is 1. The van der Waals surface area contributed by atoms with Gasteiger partial charge in [0.25, 0.3) is 0 Å². The van der Waals surface area contributed by atoms with Gasteiger partial charge in [0.05, 0.1) is 12.7 Å². The van der Waals surface area contributed by atoms with Crippen LogP contribution in [-0.4, -0.2) is 55.4 Å². The van der Waals surface area contributed by atoms with Crippen LogP contribution in [0.1, 0.15) is 12.5 Å². The van der Waals surface area contributed by atoms with Gasteiger partial charge in [-0.1, -0.05) is 30.3 Å². The summed E-state index contributed by atoms with van der Waals surface area (Å²) in [6.45, 7) is 5.89. The second kappa shape index (κ2) is 9.07. The summed E-state index contributed by atoms with van der Waals surface area (Å²) >= 11 is 1.97. The predicted molar refractivity (Wildman–Crippen MR) is 87.5 cm³/mol. The maximum atomic E-state index is 10.9. The summed E-state index contributed by atoms with van der Waals surface area (Å²) in [6, 6.07) is 10.6. The molecule has 1 aromatic carbocycles. The summed E-state index contributed by atoms with van der Waals surface area (Å²) in [5.41, 5.74) is 1.38. The number of hydrogen-bond donors (Lipinski definition) is 1. The first-order chi connectivity index (χ1) is 10.2. The van der Waals surface area contributed by atoms with E-state index in [1.165, 1.54) is 5.56 Å². The standard InChI is InChI=1S/C16H24N2O2S/c1-14(19)17-11-16-12-18(7-9-20-16)8-10-21-13-15-5-3-2-4-6-15/h2-6,16H,7-13H2,1H3,(H,17,19)/t16-/m1/s1. The second-order valence-electron chi connectivity index (χ2n) is 5.27. The van der Waals surface area contributed by atoms with Crippen molar-refractivity contribution in [3.63, 3.8) is 0 Å². The molecule has 21 heavy (non-hydrogen) atoms. The minimum atomic E-state index is 0.00846. The molecule has 1 atom stereocenters. The van der Waals surface area contributed by atoms with E-state index in [9.17, 15) is 4.79 Å². The minimum absolute atomic E-state index is 0.00846. The lowest BCUT2D eigenvalue weighted by Crippen LogP contribution is -2.47. The highest BCUT2D eigenvalue weighted by atomic mass is 32.2. The maximum absolute atomic E-state index is 10.9. The van der Waals surface area contributed by atoms with E-state index < -0.39 is 0 Å². The summed E-state index contributed by atoms with van der Waals surface area (Å²) in [6.07, 6.45) is 0.127. The van der Waals surface area contributed by atoms with Crippen molar-refractivity contribution < 1.29 is 9.53 Å². The van der Waals surface area contributed by atoms with Crippen molar-refractivity contribution in [1.29, 1.82) is 0 Å². The van der Waals surface area contributed by atoms with E-state index in [4.69, 9.17) is 4.74 Å². The van der Waals surface area contributed by atoms with E-state index in [2.05, 4.69) is 40.5 Å². The molecule has 1 amide bonds. The van der Waals surface area contributed by atoms with Crippen LogP contribution in [0.5, 0.6) is 0 Å². The zero-order valence-corrected chi connectivity index (χ0v) is 13.4. The van der Waals surface area contributed by atoms with Gasteiger partial charge in [0.2, 0.25) is 5.91 Å². The van der Waals surface area contributed by atoms with Crippen molar-refractivity contribution >= 4 is 17.7 Å². The topological polar surface area (TPSA) is 41.6 Å². The molecule has 1 fully saturated rings. The van der Waals surface area contributed by atoms with Gasteiger partial charge < -0.3 is 10.1 Å². The molecule has 1 aliphatic heterocycles. The van der Waals surface area contributed by atoms with E-state index in [0.717, 1.165) is 37.7 Å². The second-order valence-corrected chi connectivity index (χ2v) is 6.37. The Kier molecular flexibility index (Phi) is 7.06. The first-order valence-corrected chi connectivity index (χ1v) is 8.59. The SMILES string of the molecule is CC(=O)NC[C@@H]1CN(CCSCc2ccccc2)CCO1. The van der Waals surface area contributed by atoms with Crippen LogP contribution in [0, 0.1) is 0 Å². The molecule has 5 heteroatoms. The van der Waals surface area contributed by atoms with Crippen LogP contribution in [0.3, 0.4) is 0 Å². The summed E-state index contributed by atoms with van der Waals surface area (Å²) in [4.78, 5) is 13.4. The Morgan fingerprint density at radius 1 is 1.43 bits per heavy atom. The van der Waals surface area contributed by atoms with Crippen molar-refractivity contribution in [2.45, 2.75) is 18.8 Å². The number of nitrogens with zero attached hydrogens (tertiary/aromatic N) is 1. The molecule has 1 aromatic rings. The number of benzene rings is 1. The molecule has 1 saturated heterocycles. The van der Waals surface area contributed by atoms with Crippen molar-refractivity contribution in [2.75, 3.05) is 38.5 Å². The fraction of sp³-hybridized carbons (Fsp3) is 0.562. The van der Waals surface area contributed by atoms with Crippen LogP contribution in [0.4, 0.5) is 0 Å². The molecule has 0 spiro atoms. The fourth-order valence-corrected chi connectivity index (χ4v) is 3.28. The third-order valence-electron chi connectivity index (χ3n) is 3.46. The number of nitrogens with one attached hydrogen (secondary N) is 1. The van der Waals surface area contributed by atoms with Crippen LogP contribution in [0.15, 0.2) is 30.3 Å². The monoisotopic (exact) mass is 308 g/mol. The quantitative estimate of drug-likeness (QED) is 0.779. The van der Waals surface area contributed by atoms with Crippen molar-refractivity contribution in [3.8, 4) is 0 Å². The zero-order valence-electron chi connectivity index (χ0n) is 12.6. The molecular formula is C16H24N2O2S. The van der Waals surface area contributed by atoms with Gasteiger partial charge in [-0.2, -0.15) is 11.8 Å². The summed E-state index contributed by atoms with van der Waals surface area (Å²) in [7, 11) is 0. The molecule has 116 valence electrons. The van der Waals surface area contributed by atoms with Gasteiger partial charge in [-0.05, 0) is 5.56 Å². The highest BCUT2D eigenvalue weighted by Crippen LogP contribution is 2.13. The molecule has 1 aliphatic rings. The summed E-state index contributed by atoms with van der Waals surface area (Å²) in [5, 5.41) is 2.83. The van der Waals surface area contributed by atoms with Gasteiger partial charge >= 0.3 is 0 Å². The van der Waals surface area contributed by atoms with Crippen molar-refractivity contribution in [1.82, 2.24) is 10.2 Å². The van der Waals surface area contributed by atoms with Crippen LogP contribution in [0.2, 0.25) is 0 Å². The largest absolute Gasteiger partial charge is 0.374 e. The molecule has 0 aliphatic carbocycles. The van der Waals surface area contributed by atoms with Crippen molar-refractivity contribution in [2.24, 2.45) is 0 Å². The lowest BCUT2D eigenvalue weighted by molar-refractivity contribution is -0.120. The molecular weight excluding hydrogens is 284 g/mol. The Hall–Kier alpha value is -1.04. The number of thioether (sulfide) groups is 1. The fourth-order valence-electron chi connectivity index (χ4n) is 2.32. The van der Waals surface area contributed by atoms with E-state index >= 15 is 0 Å². The van der Waals surface area contributed by atoms with Gasteiger partial charge in [-0.15, -0.1) is 0 Å². The smallest absolute Gasteiger partial charge is 0.216 e. The van der Waals surface area contributed by atoms with Gasteiger partial charge in [-0.3, -0.25) is 9.69 Å². The van der Waals surface area contributed by atoms with Crippen LogP contribution < -0.4 is 5.32 Å². The van der Waals surface area contributed by atoms with E-state index in [1.807, 2.05) is 11.8 Å². The molecule has 0 radical (unpaired) electrons. The highest BCUT2D eigenvalue weighted by Gasteiger charge is 2.19. The Balaban J connectivity index is 1.60. The Bertz CT molecular complexity index is 428. The molecule has 1 N–H and O–H groups in total. The number of carbonyl (C=O) groups is 1. The Morgan fingerprint density at radius 2 is 2.24 bits per heavy atom. The van der Waals surface area contributed by atoms with E-state index in [-0.39, 0.29) is 12.0 Å². The molecule has 1 heterocycles. The van der Waals surface area contributed by atoms with Gasteiger partial charge in [-0.25, -0.2) is 0 Å². The molecule has 4 nitrogen and oxygen atoms in total. The highest BCUT2D eigenvalue weighted by molar-refractivity contribution is 7.98. The lowest BCUT2D eigenvalue weighted by atomic mass is 10.2. The molecule has 0 unspecified atom stereocenters. The minimum Gasteiger partial charge on any atom is -0.374 e. The van der Waals surface area contributed by atoms with Crippen LogP contribution in [-0.2, 0) is 15.3 Å². The van der Waals surface area contributed by atoms with Gasteiger partial charge in [0.15, 0.2) is 0 Å². The number of hydrogen-bond acceptors (Lipinski definition) is 4. The Morgan fingerprint density at radius 3 is 3.00 bits per heavy atom. The third kappa shape index (κ3) is 6.50. The number of amides is 1. The van der Waals surface area contributed by atoms with Crippen LogP contribution >= 0.6 is 11.8 Å². The van der Waals surface area contributed by atoms with Gasteiger partial charge in [0.1, 0.15) is 0 Å². The number of morpholine rings is 1. The summed E-state index contributed by atoms with van der Waals surface area (Å²) in [5.74, 6) is 2.21. The number of carbonyl (C=O) groups excluding carboxylic acids is 1. The van der Waals surface area contributed by atoms with E-state index in [1.54, 1.807) is 6.92 Å². The lowest BCUT2D eigenvalue weighted by Gasteiger charge is -2.32. The zero-order chi connectivity index (χ0) is 14.9. The summed E-state index contributed by atoms with van der Waals surface area (Å²) < 4.78 is 5.67. The first-order valence-electron chi connectivity index (χ1n) is 7.44. The third-order valence-corrected chi connectivity index (χ3v) is 4.47. The molecule has 0 aromatic heterocycles. The van der Waals surface area contributed by atoms with Gasteiger partial charge in [0, 0.05) is 44.6 Å². The number of rotatable bonds is 7. The predicted octanol–water partition coefficient (Wildman–Crippen LogP) is 1.76. The average Bonchev–Trinajstić information content (AvgIpc) is 2.51. The van der Waals surface area contributed by atoms with Crippen LogP contribution in [0.25, 0.3) is 0 Å². The van der Waals surface area contributed by atoms with Crippen molar-refractivity contribution in [3.05, 3.63) is 35.9 Å². The normalized spacial score (nSPS) is 19.4. The molecule has 0 bridgehead atoms. The molecule has 2 rings (SSSR count). The first kappa shape index (κ1) is 16.3. The molecule has 0 saturated carbocycles. The average molecular weight is 308 g/mol. The van der Waals surface area contributed by atoms with E-state index in [0.29, 0.717) is 6.54 Å². The Labute approximate surface area is 131 Å². The maximum Gasteiger partial charge on any atom is 0.216 e.